The Kier molecular flexibility index (Phi) is 23.2. The minimum absolute atomic E-state index is 0.0987. The van der Waals surface area contributed by atoms with Crippen molar-refractivity contribution in [2.75, 3.05) is 26.4 Å². The number of nitrogens with one attached hydrogen (secondary N) is 1. The molecule has 0 aromatic carbocycles. The third kappa shape index (κ3) is 18.9. The molecule has 5 N–H and O–H groups in total. The molecule has 53 heavy (non-hydrogen) atoms. The molecule has 1 fully saturated rings. The number of ether oxygens (including phenoxy) is 3. The minimum atomic E-state index is -5.29. The largest absolute Gasteiger partial charge is 0.481 e. The van der Waals surface area contributed by atoms with Crippen LogP contribution in [-0.2, 0) is 36.7 Å². The van der Waals surface area contributed by atoms with Crippen molar-refractivity contribution in [3.63, 3.8) is 0 Å². The van der Waals surface area contributed by atoms with Gasteiger partial charge in [0.25, 0.3) is 5.56 Å². The second-order valence-corrected chi connectivity index (χ2v) is 16.6. The van der Waals surface area contributed by atoms with Gasteiger partial charge in [-0.25, -0.2) is 13.9 Å². The first-order valence-corrected chi connectivity index (χ1v) is 22.1. The van der Waals surface area contributed by atoms with Crippen LogP contribution >= 0.6 is 15.6 Å². The number of H-pyrrole nitrogens is 1. The number of aliphatic hydroxyl groups is 2. The van der Waals surface area contributed by atoms with Crippen LogP contribution in [0.4, 0.5) is 4.39 Å². The summed E-state index contributed by atoms with van der Waals surface area (Å²) in [7, 11) is -10.4. The summed E-state index contributed by atoms with van der Waals surface area (Å²) in [5.74, 6) is -1.37. The van der Waals surface area contributed by atoms with E-state index in [-0.39, 0.29) is 31.8 Å². The second-order valence-electron chi connectivity index (χ2n) is 13.6. The van der Waals surface area contributed by atoms with E-state index >= 15 is 0 Å². The van der Waals surface area contributed by atoms with Gasteiger partial charge in [-0.1, -0.05) is 104 Å². The Bertz CT molecular complexity index is 1370. The van der Waals surface area contributed by atoms with E-state index in [0.29, 0.717) is 17.4 Å². The van der Waals surface area contributed by atoms with Gasteiger partial charge < -0.3 is 34.2 Å². The van der Waals surface area contributed by atoms with Gasteiger partial charge in [0.1, 0.15) is 18.3 Å². The molecule has 0 radical (unpaired) electrons. The Hall–Kier alpha value is -1.33. The first kappa shape index (κ1) is 47.8. The van der Waals surface area contributed by atoms with E-state index < -0.39 is 63.9 Å². The van der Waals surface area contributed by atoms with Crippen molar-refractivity contribution in [3.05, 3.63) is 32.9 Å². The van der Waals surface area contributed by atoms with Gasteiger partial charge in [0, 0.05) is 13.2 Å². The first-order chi connectivity index (χ1) is 25.2. The molecular formula is C34H63FN2O14P2. The summed E-state index contributed by atoms with van der Waals surface area (Å²) in [4.78, 5) is 45.0. The molecule has 0 saturated carbocycles. The Balaban J connectivity index is 1.73. The summed E-state index contributed by atoms with van der Waals surface area (Å²) < 4.78 is 70.2. The van der Waals surface area contributed by atoms with Crippen LogP contribution in [0.3, 0.4) is 0 Å². The summed E-state index contributed by atoms with van der Waals surface area (Å²) in [5.41, 5.74) is -2.47. The van der Waals surface area contributed by atoms with Crippen molar-refractivity contribution >= 4 is 15.6 Å². The highest BCUT2D eigenvalue weighted by atomic mass is 31.3. The maximum Gasteiger partial charge on any atom is 0.481 e. The van der Waals surface area contributed by atoms with Crippen molar-refractivity contribution in [1.82, 2.24) is 9.55 Å². The van der Waals surface area contributed by atoms with Gasteiger partial charge in [-0.05, 0) is 26.2 Å². The molecule has 1 aliphatic heterocycles. The molecule has 0 bridgehead atoms. The van der Waals surface area contributed by atoms with Gasteiger partial charge in [-0.15, -0.1) is 0 Å². The summed E-state index contributed by atoms with van der Waals surface area (Å²) in [6.45, 7) is 5.83. The molecule has 0 aliphatic carbocycles. The molecule has 2 rings (SSSR count). The molecule has 1 saturated heterocycles. The fourth-order valence-electron chi connectivity index (χ4n) is 5.93. The maximum atomic E-state index is 13.7. The van der Waals surface area contributed by atoms with Crippen LogP contribution in [0.15, 0.2) is 15.8 Å². The number of halogens is 1. The number of aromatic amines is 1. The zero-order chi connectivity index (χ0) is 39.3. The monoisotopic (exact) mass is 804 g/mol. The number of phosphoric acid groups is 2. The Labute approximate surface area is 311 Å². The molecule has 0 spiro atoms. The molecule has 1 aromatic heterocycles. The lowest BCUT2D eigenvalue weighted by atomic mass is 10.0. The lowest BCUT2D eigenvalue weighted by Gasteiger charge is -2.25. The SMILES string of the molecule is CCCCCCCCCCCCOC(CCCCCCC)C(C)OCCCOP(=O)(O)OP(=O)(O)OC[C@H]1O[C@@H](n2cc(F)c(=O)[nH]c2=O)[C@H](O)[C@@H]1O. The highest BCUT2D eigenvalue weighted by Crippen LogP contribution is 2.60. The number of aliphatic hydroxyl groups excluding tert-OH is 2. The topological polar surface area (TPSA) is 225 Å². The quantitative estimate of drug-likeness (QED) is 0.0428. The van der Waals surface area contributed by atoms with Gasteiger partial charge in [-0.2, -0.15) is 8.70 Å². The zero-order valence-electron chi connectivity index (χ0n) is 31.5. The Morgan fingerprint density at radius 3 is 1.96 bits per heavy atom. The Morgan fingerprint density at radius 1 is 0.792 bits per heavy atom. The smallest absolute Gasteiger partial charge is 0.387 e. The first-order valence-electron chi connectivity index (χ1n) is 19.1. The van der Waals surface area contributed by atoms with E-state index in [2.05, 4.69) is 22.7 Å². The van der Waals surface area contributed by atoms with Crippen LogP contribution in [0.1, 0.15) is 136 Å². The summed E-state index contributed by atoms with van der Waals surface area (Å²) in [5, 5.41) is 20.5. The third-order valence-electron chi connectivity index (χ3n) is 9.01. The van der Waals surface area contributed by atoms with Gasteiger partial charge in [0.05, 0.1) is 31.6 Å². The van der Waals surface area contributed by atoms with Crippen LogP contribution in [0, 0.1) is 5.82 Å². The number of hydrogen-bond donors (Lipinski definition) is 5. The van der Waals surface area contributed by atoms with Crippen LogP contribution in [0.25, 0.3) is 0 Å². The lowest BCUT2D eigenvalue weighted by molar-refractivity contribution is -0.0717. The highest BCUT2D eigenvalue weighted by Gasteiger charge is 2.46. The van der Waals surface area contributed by atoms with Crippen molar-refractivity contribution in [3.8, 4) is 0 Å². The Morgan fingerprint density at radius 2 is 1.34 bits per heavy atom. The molecular weight excluding hydrogens is 741 g/mol. The van der Waals surface area contributed by atoms with Gasteiger partial charge in [-0.3, -0.25) is 23.4 Å². The molecule has 1 aliphatic rings. The molecule has 2 heterocycles. The number of aromatic nitrogens is 2. The molecule has 310 valence electrons. The maximum absolute atomic E-state index is 13.7. The van der Waals surface area contributed by atoms with E-state index in [0.717, 1.165) is 38.5 Å². The predicted molar refractivity (Wildman–Crippen MR) is 195 cm³/mol. The van der Waals surface area contributed by atoms with Crippen molar-refractivity contribution in [2.45, 2.75) is 167 Å². The molecule has 4 unspecified atom stereocenters. The van der Waals surface area contributed by atoms with Gasteiger partial charge >= 0.3 is 21.3 Å². The standard InChI is InChI=1S/C34H63FN2O14P2/c1-4-6-8-10-11-12-13-14-16-18-21-47-28(20-17-15-9-7-5-2)26(3)46-22-19-23-48-52(42,43)51-53(44,45)49-25-29-30(38)31(39)33(50-29)37-24-27(35)32(40)36-34(37)41/h24,26,28-31,33,38-39H,4-23,25H2,1-3H3,(H,42,43)(H,44,45)(H,36,40,41)/t26?,28?,29-,30-,31-,33-/m1/s1. The molecule has 1 aromatic rings. The van der Waals surface area contributed by atoms with Crippen LogP contribution in [0.2, 0.25) is 0 Å². The summed E-state index contributed by atoms with van der Waals surface area (Å²) in [6, 6.07) is 0. The molecule has 0 amide bonds. The summed E-state index contributed by atoms with van der Waals surface area (Å²) >= 11 is 0. The van der Waals surface area contributed by atoms with Gasteiger partial charge in [0.2, 0.25) is 5.82 Å². The van der Waals surface area contributed by atoms with E-state index in [1.165, 1.54) is 64.2 Å². The minimum Gasteiger partial charge on any atom is -0.387 e. The van der Waals surface area contributed by atoms with Crippen LogP contribution in [-0.4, -0.2) is 86.5 Å². The van der Waals surface area contributed by atoms with Gasteiger partial charge in [0.15, 0.2) is 6.23 Å². The normalized spacial score (nSPS) is 22.4. The van der Waals surface area contributed by atoms with Crippen molar-refractivity contribution in [2.24, 2.45) is 0 Å². The average Bonchev–Trinajstić information content (AvgIpc) is 3.38. The zero-order valence-corrected chi connectivity index (χ0v) is 33.3. The number of phosphoric ester groups is 2. The number of nitrogens with zero attached hydrogens (tertiary/aromatic N) is 1. The molecule has 16 nitrogen and oxygen atoms in total. The lowest BCUT2D eigenvalue weighted by Crippen LogP contribution is -2.38. The van der Waals surface area contributed by atoms with Crippen LogP contribution < -0.4 is 11.2 Å². The molecule has 8 atom stereocenters. The van der Waals surface area contributed by atoms with E-state index in [1.54, 1.807) is 4.98 Å². The average molecular weight is 805 g/mol. The summed E-state index contributed by atoms with van der Waals surface area (Å²) in [6.07, 6.45) is 12.3. The predicted octanol–water partition coefficient (Wildman–Crippen LogP) is 6.01. The number of unbranched alkanes of at least 4 members (excludes halogenated alkanes) is 13. The molecule has 19 heteroatoms. The fourth-order valence-corrected chi connectivity index (χ4v) is 8.05. The number of rotatable bonds is 31. The van der Waals surface area contributed by atoms with E-state index in [1.807, 2.05) is 6.92 Å². The second kappa shape index (κ2) is 25.8. The van der Waals surface area contributed by atoms with Crippen LogP contribution in [0.5, 0.6) is 0 Å². The third-order valence-corrected chi connectivity index (χ3v) is 11.6. The van der Waals surface area contributed by atoms with E-state index in [9.17, 15) is 43.1 Å². The van der Waals surface area contributed by atoms with E-state index in [4.69, 9.17) is 18.7 Å². The number of hydrogen-bond acceptors (Lipinski definition) is 12. The van der Waals surface area contributed by atoms with Crippen molar-refractivity contribution in [1.29, 1.82) is 0 Å². The fraction of sp³-hybridized carbons (Fsp3) is 0.882. The highest BCUT2D eigenvalue weighted by molar-refractivity contribution is 7.61. The van der Waals surface area contributed by atoms with Crippen molar-refractivity contribution < 1.29 is 61.1 Å².